The molecule has 0 spiro atoms. The van der Waals surface area contributed by atoms with Gasteiger partial charge in [0.25, 0.3) is 10.1 Å². The number of unbranched alkanes of at least 4 members (excludes halogenated alkanes) is 2. The Morgan fingerprint density at radius 1 is 1.00 bits per heavy atom. The Hall–Kier alpha value is -4.88. The number of aryl methyl sites for hydroxylation is 2. The Balaban J connectivity index is 1.25. The van der Waals surface area contributed by atoms with E-state index in [1.165, 1.54) is 0 Å². The maximum Gasteiger partial charge on any atom is 0.313 e. The molecule has 4 aromatic rings. The van der Waals surface area contributed by atoms with Crippen LogP contribution in [-0.2, 0) is 42.2 Å². The van der Waals surface area contributed by atoms with Gasteiger partial charge >= 0.3 is 5.97 Å². The van der Waals surface area contributed by atoms with Crippen LogP contribution in [0, 0.1) is 23.3 Å². The van der Waals surface area contributed by atoms with Crippen molar-refractivity contribution in [3.63, 3.8) is 0 Å². The Labute approximate surface area is 295 Å². The lowest BCUT2D eigenvalue weighted by Gasteiger charge is -2.17. The van der Waals surface area contributed by atoms with Crippen molar-refractivity contribution in [3.05, 3.63) is 59.4 Å². The van der Waals surface area contributed by atoms with Gasteiger partial charge in [-0.1, -0.05) is 31.5 Å². The first-order valence-electron chi connectivity index (χ1n) is 16.4. The van der Waals surface area contributed by atoms with Gasteiger partial charge in [-0.05, 0) is 25.3 Å². The van der Waals surface area contributed by atoms with Gasteiger partial charge in [0.2, 0.25) is 29.2 Å². The standard InChI is InChI=1S/C33H38F4N6O8S/c1-2-3-10-24-42-29-30(19-8-4-5-9-22(19)41-32(29)38)43(24)14-7-6-13-39-33(46)23(18-52(47,48)49)40-25(44)11-15-50-16-12-26(45)51-31-27(36)20(34)17-21(35)28(31)37/h4-5,8-9,17,23H,2-3,6-7,10-16,18H2,1H3,(H2,38,41)(H,39,46)(H,40,44)(H,47,48,49). The van der Waals surface area contributed by atoms with Crippen molar-refractivity contribution in [2.45, 2.75) is 64.5 Å². The third-order valence-electron chi connectivity index (χ3n) is 7.79. The number of imidazole rings is 1. The minimum absolute atomic E-state index is 0.0491. The highest BCUT2D eigenvalue weighted by atomic mass is 32.2. The van der Waals surface area contributed by atoms with Gasteiger partial charge in [-0.2, -0.15) is 17.2 Å². The highest BCUT2D eigenvalue weighted by Crippen LogP contribution is 2.30. The number of halogens is 4. The van der Waals surface area contributed by atoms with Gasteiger partial charge in [0, 0.05) is 37.4 Å². The zero-order chi connectivity index (χ0) is 38.0. The molecule has 52 heavy (non-hydrogen) atoms. The van der Waals surface area contributed by atoms with Crippen molar-refractivity contribution >= 4 is 55.7 Å². The molecular weight excluding hydrogens is 716 g/mol. The lowest BCUT2D eigenvalue weighted by atomic mass is 10.1. The number of nitrogens with one attached hydrogen (secondary N) is 2. The Bertz CT molecular complexity index is 2020. The maximum absolute atomic E-state index is 13.7. The zero-order valence-corrected chi connectivity index (χ0v) is 28.9. The molecule has 1 unspecified atom stereocenters. The molecule has 0 saturated carbocycles. The number of pyridine rings is 1. The molecule has 0 radical (unpaired) electrons. The summed E-state index contributed by atoms with van der Waals surface area (Å²) in [6.07, 6.45) is 2.62. The SMILES string of the molecule is CCCCc1nc2c(N)nc3ccccc3c2n1CCCCNC(=O)C(CS(=O)(=O)O)NC(=O)CCOCCC(=O)Oc1c(F)c(F)cc(F)c1F. The van der Waals surface area contributed by atoms with Crippen LogP contribution in [0.25, 0.3) is 21.9 Å². The monoisotopic (exact) mass is 754 g/mol. The highest BCUT2D eigenvalue weighted by molar-refractivity contribution is 7.85. The van der Waals surface area contributed by atoms with Gasteiger partial charge in [0.15, 0.2) is 17.5 Å². The number of esters is 1. The van der Waals surface area contributed by atoms with Gasteiger partial charge < -0.3 is 30.4 Å². The van der Waals surface area contributed by atoms with Gasteiger partial charge in [-0.3, -0.25) is 18.9 Å². The number of rotatable bonds is 19. The molecule has 0 bridgehead atoms. The van der Waals surface area contributed by atoms with Crippen LogP contribution in [0.3, 0.4) is 0 Å². The average Bonchev–Trinajstić information content (AvgIpc) is 3.46. The molecule has 1 atom stereocenters. The number of amides is 2. The third kappa shape index (κ3) is 10.6. The first-order valence-corrected chi connectivity index (χ1v) is 18.0. The Morgan fingerprint density at radius 2 is 1.69 bits per heavy atom. The fraction of sp³-hybridized carbons (Fsp3) is 0.424. The normalized spacial score (nSPS) is 12.3. The van der Waals surface area contributed by atoms with Gasteiger partial charge in [-0.15, -0.1) is 0 Å². The summed E-state index contributed by atoms with van der Waals surface area (Å²) in [5.41, 5.74) is 8.46. The lowest BCUT2D eigenvalue weighted by Crippen LogP contribution is -2.50. The number of fused-ring (bicyclic) bond motifs is 3. The Morgan fingerprint density at radius 3 is 2.38 bits per heavy atom. The molecule has 2 amide bonds. The fourth-order valence-electron chi connectivity index (χ4n) is 5.29. The Kier molecular flexibility index (Phi) is 13.9. The van der Waals surface area contributed by atoms with Crippen LogP contribution < -0.4 is 21.1 Å². The van der Waals surface area contributed by atoms with E-state index in [1.807, 2.05) is 24.3 Å². The summed E-state index contributed by atoms with van der Waals surface area (Å²) < 4.78 is 98.0. The van der Waals surface area contributed by atoms with Crippen LogP contribution in [0.1, 0.15) is 51.3 Å². The second kappa shape index (κ2) is 18.1. The van der Waals surface area contributed by atoms with Gasteiger partial charge in [0.1, 0.15) is 23.1 Å². The smallest absolute Gasteiger partial charge is 0.313 e. The van der Waals surface area contributed by atoms with E-state index < -0.39 is 88.2 Å². The van der Waals surface area contributed by atoms with Crippen molar-refractivity contribution in [3.8, 4) is 5.75 Å². The number of anilines is 1. The summed E-state index contributed by atoms with van der Waals surface area (Å²) in [6.45, 7) is 1.95. The number of hydrogen-bond donors (Lipinski definition) is 4. The van der Waals surface area contributed by atoms with E-state index in [0.717, 1.165) is 41.5 Å². The van der Waals surface area contributed by atoms with Crippen molar-refractivity contribution < 1.29 is 54.4 Å². The molecule has 0 saturated heterocycles. The number of carbonyl (C=O) groups excluding carboxylic acids is 3. The number of hydrogen-bond acceptors (Lipinski definition) is 10. The number of para-hydroxylation sites is 1. The first-order chi connectivity index (χ1) is 24.7. The van der Waals surface area contributed by atoms with Crippen LogP contribution >= 0.6 is 0 Å². The summed E-state index contributed by atoms with van der Waals surface area (Å²) in [4.78, 5) is 46.4. The number of nitrogen functional groups attached to an aromatic ring is 1. The highest BCUT2D eigenvalue weighted by Gasteiger charge is 2.26. The minimum atomic E-state index is -4.69. The quantitative estimate of drug-likeness (QED) is 0.0271. The molecule has 4 rings (SSSR count). The second-order valence-electron chi connectivity index (χ2n) is 11.7. The molecule has 5 N–H and O–H groups in total. The number of ether oxygens (including phenoxy) is 2. The summed E-state index contributed by atoms with van der Waals surface area (Å²) in [5.74, 6) is -11.8. The van der Waals surface area contributed by atoms with Crippen molar-refractivity contribution in [2.75, 3.05) is 31.2 Å². The number of benzene rings is 2. The average molecular weight is 755 g/mol. The van der Waals surface area contributed by atoms with Crippen molar-refractivity contribution in [1.82, 2.24) is 25.2 Å². The van der Waals surface area contributed by atoms with Crippen LogP contribution in [0.4, 0.5) is 23.4 Å². The van der Waals surface area contributed by atoms with E-state index in [-0.39, 0.29) is 19.2 Å². The molecule has 0 aliphatic heterocycles. The van der Waals surface area contributed by atoms with Gasteiger partial charge in [-0.25, -0.2) is 18.7 Å². The summed E-state index contributed by atoms with van der Waals surface area (Å²) in [7, 11) is -4.69. The molecule has 0 aliphatic rings. The van der Waals surface area contributed by atoms with E-state index in [9.17, 15) is 44.9 Å². The topological polar surface area (TPSA) is 205 Å². The summed E-state index contributed by atoms with van der Waals surface area (Å²) in [6, 6.07) is 5.90. The molecule has 0 aliphatic carbocycles. The fourth-order valence-corrected chi connectivity index (χ4v) is 5.95. The van der Waals surface area contributed by atoms with E-state index in [4.69, 9.17) is 15.5 Å². The van der Waals surface area contributed by atoms with Gasteiger partial charge in [0.05, 0.1) is 30.7 Å². The second-order valence-corrected chi connectivity index (χ2v) is 13.2. The van der Waals surface area contributed by atoms with Crippen LogP contribution in [0.15, 0.2) is 30.3 Å². The molecule has 282 valence electrons. The zero-order valence-electron chi connectivity index (χ0n) is 28.1. The minimum Gasteiger partial charge on any atom is -0.420 e. The molecule has 14 nitrogen and oxygen atoms in total. The van der Waals surface area contributed by atoms with Crippen molar-refractivity contribution in [2.24, 2.45) is 0 Å². The summed E-state index contributed by atoms with van der Waals surface area (Å²) >= 11 is 0. The van der Waals surface area contributed by atoms with E-state index in [2.05, 4.69) is 31.8 Å². The van der Waals surface area contributed by atoms with Crippen LogP contribution in [-0.4, -0.2) is 76.8 Å². The predicted octanol–water partition coefficient (Wildman–Crippen LogP) is 3.74. The third-order valence-corrected chi connectivity index (χ3v) is 8.55. The number of nitrogens with zero attached hydrogens (tertiary/aromatic N) is 3. The van der Waals surface area contributed by atoms with Crippen molar-refractivity contribution in [1.29, 1.82) is 0 Å². The predicted molar refractivity (Wildman–Crippen MR) is 181 cm³/mol. The number of carbonyl (C=O) groups is 3. The van der Waals surface area contributed by atoms with E-state index >= 15 is 0 Å². The maximum atomic E-state index is 13.7. The van der Waals surface area contributed by atoms with Crippen LogP contribution in [0.2, 0.25) is 0 Å². The van der Waals surface area contributed by atoms with Crippen LogP contribution in [0.5, 0.6) is 5.75 Å². The lowest BCUT2D eigenvalue weighted by molar-refractivity contribution is -0.136. The molecule has 2 aromatic heterocycles. The summed E-state index contributed by atoms with van der Waals surface area (Å²) in [5, 5.41) is 5.69. The van der Waals surface area contributed by atoms with E-state index in [0.29, 0.717) is 30.7 Å². The number of nitrogens with two attached hydrogens (primary N) is 1. The number of aromatic nitrogens is 3. The molecule has 19 heteroatoms. The molecular formula is C33H38F4N6O8S. The molecule has 2 aromatic carbocycles. The largest absolute Gasteiger partial charge is 0.420 e. The first kappa shape index (κ1) is 39.9. The molecule has 0 fully saturated rings. The van der Waals surface area contributed by atoms with E-state index in [1.54, 1.807) is 0 Å². The molecule has 2 heterocycles.